The molecule has 2 unspecified atom stereocenters. The van der Waals surface area contributed by atoms with Gasteiger partial charge < -0.3 is 4.90 Å². The summed E-state index contributed by atoms with van der Waals surface area (Å²) in [7, 11) is 0. The van der Waals surface area contributed by atoms with Crippen LogP contribution in [0.25, 0.3) is 0 Å². The molecule has 13 heavy (non-hydrogen) atoms. The van der Waals surface area contributed by atoms with Crippen LogP contribution in [-0.4, -0.2) is 30.1 Å². The van der Waals surface area contributed by atoms with E-state index in [-0.39, 0.29) is 0 Å². The minimum Gasteiger partial charge on any atom is -0.327 e. The molecule has 0 saturated carbocycles. The highest BCUT2D eigenvalue weighted by atomic mass is 16.2. The standard InChI is InChI=1S/C10H18N2O/c1-8-4-5-11-9(7-8)12-6-2-3-10(12)13/h8-9,11H,2-7H2,1H3. The third-order valence-corrected chi connectivity index (χ3v) is 3.13. The molecule has 2 rings (SSSR count). The number of likely N-dealkylation sites (tertiary alicyclic amines) is 1. The third-order valence-electron chi connectivity index (χ3n) is 3.13. The fourth-order valence-corrected chi connectivity index (χ4v) is 2.31. The van der Waals surface area contributed by atoms with E-state index in [9.17, 15) is 4.79 Å². The van der Waals surface area contributed by atoms with E-state index >= 15 is 0 Å². The molecule has 0 spiro atoms. The lowest BCUT2D eigenvalue weighted by molar-refractivity contribution is -0.131. The predicted molar refractivity (Wildman–Crippen MR) is 51.1 cm³/mol. The summed E-state index contributed by atoms with van der Waals surface area (Å²) in [6.45, 7) is 4.30. The van der Waals surface area contributed by atoms with Gasteiger partial charge >= 0.3 is 0 Å². The van der Waals surface area contributed by atoms with Crippen molar-refractivity contribution in [3.8, 4) is 0 Å². The Morgan fingerprint density at radius 3 is 3.00 bits per heavy atom. The minimum absolute atomic E-state index is 0.332. The highest BCUT2D eigenvalue weighted by Gasteiger charge is 2.30. The number of carbonyl (C=O) groups is 1. The zero-order chi connectivity index (χ0) is 9.26. The van der Waals surface area contributed by atoms with Gasteiger partial charge in [-0.3, -0.25) is 10.1 Å². The Bertz CT molecular complexity index is 205. The molecule has 0 aromatic heterocycles. The molecule has 2 aliphatic heterocycles. The van der Waals surface area contributed by atoms with Crippen LogP contribution in [0.1, 0.15) is 32.6 Å². The molecule has 2 saturated heterocycles. The van der Waals surface area contributed by atoms with Crippen molar-refractivity contribution in [2.45, 2.75) is 38.8 Å². The van der Waals surface area contributed by atoms with Gasteiger partial charge in [0.05, 0.1) is 6.17 Å². The number of hydrogen-bond acceptors (Lipinski definition) is 2. The summed E-state index contributed by atoms with van der Waals surface area (Å²) in [5.74, 6) is 1.10. The molecule has 0 aromatic carbocycles. The van der Waals surface area contributed by atoms with Gasteiger partial charge in [-0.2, -0.15) is 0 Å². The van der Waals surface area contributed by atoms with E-state index in [0.717, 1.165) is 38.3 Å². The summed E-state index contributed by atoms with van der Waals surface area (Å²) in [5, 5.41) is 3.43. The minimum atomic E-state index is 0.332. The topological polar surface area (TPSA) is 32.3 Å². The Labute approximate surface area is 79.5 Å². The summed E-state index contributed by atoms with van der Waals surface area (Å²) in [6, 6.07) is 0. The van der Waals surface area contributed by atoms with E-state index in [4.69, 9.17) is 0 Å². The molecule has 0 radical (unpaired) electrons. The van der Waals surface area contributed by atoms with Crippen molar-refractivity contribution in [1.29, 1.82) is 0 Å². The largest absolute Gasteiger partial charge is 0.327 e. The zero-order valence-electron chi connectivity index (χ0n) is 8.25. The fraction of sp³-hybridized carbons (Fsp3) is 0.900. The lowest BCUT2D eigenvalue weighted by Gasteiger charge is -2.34. The van der Waals surface area contributed by atoms with E-state index in [2.05, 4.69) is 12.2 Å². The molecule has 74 valence electrons. The Morgan fingerprint density at radius 2 is 2.38 bits per heavy atom. The average molecular weight is 182 g/mol. The van der Waals surface area contributed by atoms with Crippen molar-refractivity contribution in [2.75, 3.05) is 13.1 Å². The van der Waals surface area contributed by atoms with Crippen molar-refractivity contribution in [3.05, 3.63) is 0 Å². The second kappa shape index (κ2) is 3.66. The first kappa shape index (κ1) is 9.00. The first-order chi connectivity index (χ1) is 6.27. The Balaban J connectivity index is 1.95. The van der Waals surface area contributed by atoms with Crippen LogP contribution < -0.4 is 5.32 Å². The lowest BCUT2D eigenvalue weighted by Crippen LogP contribution is -2.50. The highest BCUT2D eigenvalue weighted by molar-refractivity contribution is 5.78. The van der Waals surface area contributed by atoms with Crippen LogP contribution in [0.5, 0.6) is 0 Å². The Kier molecular flexibility index (Phi) is 2.54. The van der Waals surface area contributed by atoms with E-state index < -0.39 is 0 Å². The number of rotatable bonds is 1. The molecule has 2 fully saturated rings. The second-order valence-corrected chi connectivity index (χ2v) is 4.29. The first-order valence-electron chi connectivity index (χ1n) is 5.30. The van der Waals surface area contributed by atoms with Crippen LogP contribution in [0.2, 0.25) is 0 Å². The van der Waals surface area contributed by atoms with Crippen molar-refractivity contribution < 1.29 is 4.79 Å². The third kappa shape index (κ3) is 1.85. The zero-order valence-corrected chi connectivity index (χ0v) is 8.25. The van der Waals surface area contributed by atoms with Gasteiger partial charge in [0, 0.05) is 13.0 Å². The maximum atomic E-state index is 11.5. The van der Waals surface area contributed by atoms with Gasteiger partial charge in [0.25, 0.3) is 0 Å². The maximum absolute atomic E-state index is 11.5. The number of nitrogens with one attached hydrogen (secondary N) is 1. The van der Waals surface area contributed by atoms with Gasteiger partial charge in [-0.25, -0.2) is 0 Å². The van der Waals surface area contributed by atoms with Crippen LogP contribution in [-0.2, 0) is 4.79 Å². The van der Waals surface area contributed by atoms with Crippen LogP contribution in [0, 0.1) is 5.92 Å². The second-order valence-electron chi connectivity index (χ2n) is 4.29. The summed E-state index contributed by atoms with van der Waals surface area (Å²) in [5.41, 5.74) is 0. The molecule has 0 aromatic rings. The summed E-state index contributed by atoms with van der Waals surface area (Å²) in [4.78, 5) is 13.5. The smallest absolute Gasteiger partial charge is 0.223 e. The molecule has 0 aliphatic carbocycles. The number of nitrogens with zero attached hydrogens (tertiary/aromatic N) is 1. The SMILES string of the molecule is CC1CCNC(N2CCCC2=O)C1. The molecular formula is C10H18N2O. The summed E-state index contributed by atoms with van der Waals surface area (Å²) >= 11 is 0. The highest BCUT2D eigenvalue weighted by Crippen LogP contribution is 2.21. The molecule has 2 aliphatic rings. The molecule has 1 amide bonds. The van der Waals surface area contributed by atoms with Gasteiger partial charge in [-0.05, 0) is 31.7 Å². The molecule has 3 heteroatoms. The number of carbonyl (C=O) groups excluding carboxylic acids is 1. The van der Waals surface area contributed by atoms with E-state index in [1.807, 2.05) is 4.90 Å². The Hall–Kier alpha value is -0.570. The molecule has 3 nitrogen and oxygen atoms in total. The summed E-state index contributed by atoms with van der Waals surface area (Å²) in [6.07, 6.45) is 4.51. The molecule has 0 bridgehead atoms. The number of piperidine rings is 1. The summed E-state index contributed by atoms with van der Waals surface area (Å²) < 4.78 is 0. The Morgan fingerprint density at radius 1 is 1.54 bits per heavy atom. The van der Waals surface area contributed by atoms with Crippen molar-refractivity contribution in [1.82, 2.24) is 10.2 Å². The van der Waals surface area contributed by atoms with Gasteiger partial charge in [0.15, 0.2) is 0 Å². The van der Waals surface area contributed by atoms with Gasteiger partial charge in [-0.15, -0.1) is 0 Å². The van der Waals surface area contributed by atoms with E-state index in [1.165, 1.54) is 6.42 Å². The van der Waals surface area contributed by atoms with Gasteiger partial charge in [0.1, 0.15) is 0 Å². The van der Waals surface area contributed by atoms with Gasteiger partial charge in [0.2, 0.25) is 5.91 Å². The number of amides is 1. The lowest BCUT2D eigenvalue weighted by atomic mass is 9.97. The quantitative estimate of drug-likeness (QED) is 0.655. The average Bonchev–Trinajstić information content (AvgIpc) is 2.51. The maximum Gasteiger partial charge on any atom is 0.223 e. The van der Waals surface area contributed by atoms with Crippen LogP contribution >= 0.6 is 0 Å². The number of hydrogen-bond donors (Lipinski definition) is 1. The van der Waals surface area contributed by atoms with Crippen molar-refractivity contribution >= 4 is 5.91 Å². The van der Waals surface area contributed by atoms with E-state index in [0.29, 0.717) is 12.1 Å². The van der Waals surface area contributed by atoms with Crippen molar-refractivity contribution in [3.63, 3.8) is 0 Å². The normalized spacial score (nSPS) is 35.5. The first-order valence-corrected chi connectivity index (χ1v) is 5.30. The predicted octanol–water partition coefficient (Wildman–Crippen LogP) is 0.954. The van der Waals surface area contributed by atoms with Gasteiger partial charge in [-0.1, -0.05) is 6.92 Å². The monoisotopic (exact) mass is 182 g/mol. The van der Waals surface area contributed by atoms with Crippen LogP contribution in [0.4, 0.5) is 0 Å². The van der Waals surface area contributed by atoms with Crippen LogP contribution in [0.3, 0.4) is 0 Å². The molecular weight excluding hydrogens is 164 g/mol. The molecule has 2 atom stereocenters. The molecule has 2 heterocycles. The molecule has 1 N–H and O–H groups in total. The van der Waals surface area contributed by atoms with Crippen LogP contribution in [0.15, 0.2) is 0 Å². The van der Waals surface area contributed by atoms with E-state index in [1.54, 1.807) is 0 Å². The van der Waals surface area contributed by atoms with Crippen molar-refractivity contribution in [2.24, 2.45) is 5.92 Å². The fourth-order valence-electron chi connectivity index (χ4n) is 2.31.